The molecule has 0 bridgehead atoms. The molecule has 0 aliphatic rings. The van der Waals surface area contributed by atoms with Crippen LogP contribution in [0.3, 0.4) is 0 Å². The summed E-state index contributed by atoms with van der Waals surface area (Å²) in [6, 6.07) is 15.0. The third-order valence-corrected chi connectivity index (χ3v) is 6.53. The minimum atomic E-state index is -1.26. The van der Waals surface area contributed by atoms with Crippen LogP contribution in [-0.2, 0) is 27.3 Å². The van der Waals surface area contributed by atoms with E-state index in [9.17, 15) is 19.5 Å². The topological polar surface area (TPSA) is 108 Å². The zero-order valence-corrected chi connectivity index (χ0v) is 24.7. The molecule has 0 radical (unpaired) electrons. The van der Waals surface area contributed by atoms with Crippen LogP contribution in [0.5, 0.6) is 0 Å². The molecule has 8 nitrogen and oxygen atoms in total. The Balaban J connectivity index is 2.41. The lowest BCUT2D eigenvalue weighted by Gasteiger charge is -2.34. The third kappa shape index (κ3) is 11.0. The van der Waals surface area contributed by atoms with Crippen molar-refractivity contribution in [1.29, 1.82) is 0 Å². The maximum Gasteiger partial charge on any atom is 0.408 e. The molecule has 0 saturated carbocycles. The number of rotatable bonds is 15. The highest BCUT2D eigenvalue weighted by Crippen LogP contribution is 2.25. The number of aliphatic hydroxyl groups is 1. The van der Waals surface area contributed by atoms with Crippen molar-refractivity contribution in [2.45, 2.75) is 97.4 Å². The van der Waals surface area contributed by atoms with E-state index in [1.54, 1.807) is 20.8 Å². The maximum atomic E-state index is 13.9. The van der Waals surface area contributed by atoms with Crippen molar-refractivity contribution in [2.75, 3.05) is 13.2 Å². The molecule has 2 aromatic rings. The van der Waals surface area contributed by atoms with Gasteiger partial charge in [-0.2, -0.15) is 0 Å². The lowest BCUT2D eigenvalue weighted by molar-refractivity contribution is -0.143. The Bertz CT molecular complexity index is 1050. The van der Waals surface area contributed by atoms with Crippen molar-refractivity contribution in [3.05, 3.63) is 71.3 Å². The molecule has 0 fully saturated rings. The van der Waals surface area contributed by atoms with Crippen molar-refractivity contribution >= 4 is 17.9 Å². The predicted octanol–water partition coefficient (Wildman–Crippen LogP) is 5.29. The number of nitrogens with one attached hydrogen (secondary N) is 2. The quantitative estimate of drug-likeness (QED) is 0.260. The van der Waals surface area contributed by atoms with Gasteiger partial charge in [-0.15, -0.1) is 0 Å². The summed E-state index contributed by atoms with van der Waals surface area (Å²) < 4.78 is 5.32. The highest BCUT2D eigenvalue weighted by atomic mass is 16.6. The van der Waals surface area contributed by atoms with Crippen molar-refractivity contribution < 1.29 is 24.2 Å². The van der Waals surface area contributed by atoms with Crippen LogP contribution in [0.15, 0.2) is 54.6 Å². The van der Waals surface area contributed by atoms with Gasteiger partial charge in [-0.3, -0.25) is 9.59 Å². The monoisotopic (exact) mass is 553 g/mol. The van der Waals surface area contributed by atoms with Gasteiger partial charge in [-0.05, 0) is 50.3 Å². The molecule has 2 unspecified atom stereocenters. The van der Waals surface area contributed by atoms with Crippen LogP contribution in [0.4, 0.5) is 4.79 Å². The van der Waals surface area contributed by atoms with Crippen molar-refractivity contribution in [3.63, 3.8) is 0 Å². The van der Waals surface area contributed by atoms with Gasteiger partial charge < -0.3 is 25.4 Å². The van der Waals surface area contributed by atoms with Crippen LogP contribution in [-0.4, -0.2) is 52.7 Å². The van der Waals surface area contributed by atoms with E-state index in [0.29, 0.717) is 25.1 Å². The van der Waals surface area contributed by atoms with E-state index in [0.717, 1.165) is 43.2 Å². The molecular weight excluding hydrogens is 506 g/mol. The largest absolute Gasteiger partial charge is 0.444 e. The number of ether oxygens (including phenoxy) is 1. The number of benzene rings is 2. The van der Waals surface area contributed by atoms with Gasteiger partial charge in [-0.1, -0.05) is 94.1 Å². The SMILES string of the molecule is CCCCCCCN(C(=O)C(CO)NC(=O)OC(C)(C)C)C(C(=O)NCc1ccccc1)c1ccc(CC)cc1. The normalized spacial score (nSPS) is 12.8. The number of nitrogens with zero attached hydrogens (tertiary/aromatic N) is 1. The van der Waals surface area contributed by atoms with Gasteiger partial charge in [0.1, 0.15) is 17.7 Å². The standard InChI is InChI=1S/C32H47N3O5/c1-6-8-9-10-14-21-35(30(38)27(23-36)34-31(39)40-32(3,4)5)28(26-19-17-24(7-2)18-20-26)29(37)33-22-25-15-12-11-13-16-25/h11-13,15-20,27-28,36H,6-10,14,21-23H2,1-5H3,(H,33,37)(H,34,39). The first-order chi connectivity index (χ1) is 19.1. The number of carbonyl (C=O) groups is 3. The van der Waals surface area contributed by atoms with Crippen molar-refractivity contribution in [2.24, 2.45) is 0 Å². The highest BCUT2D eigenvalue weighted by molar-refractivity contribution is 5.92. The van der Waals surface area contributed by atoms with Crippen LogP contribution in [0.1, 0.15) is 89.5 Å². The zero-order valence-electron chi connectivity index (χ0n) is 24.7. The first-order valence-electron chi connectivity index (χ1n) is 14.4. The molecule has 3 N–H and O–H groups in total. The Hall–Kier alpha value is -3.39. The van der Waals surface area contributed by atoms with Crippen LogP contribution in [0, 0.1) is 0 Å². The van der Waals surface area contributed by atoms with E-state index >= 15 is 0 Å². The average Bonchev–Trinajstić information content (AvgIpc) is 2.93. The minimum Gasteiger partial charge on any atom is -0.444 e. The molecule has 40 heavy (non-hydrogen) atoms. The Morgan fingerprint density at radius 2 is 1.55 bits per heavy atom. The van der Waals surface area contributed by atoms with Gasteiger partial charge in [0.15, 0.2) is 0 Å². The van der Waals surface area contributed by atoms with E-state index in [1.165, 1.54) is 4.90 Å². The second-order valence-corrected chi connectivity index (χ2v) is 11.0. The van der Waals surface area contributed by atoms with Crippen LogP contribution in [0.2, 0.25) is 0 Å². The molecule has 0 heterocycles. The molecule has 0 saturated heterocycles. The Kier molecular flexibility index (Phi) is 13.7. The first kappa shape index (κ1) is 32.8. The fourth-order valence-corrected chi connectivity index (χ4v) is 4.38. The Morgan fingerprint density at radius 3 is 2.12 bits per heavy atom. The van der Waals surface area contributed by atoms with Gasteiger partial charge >= 0.3 is 6.09 Å². The molecular formula is C32H47N3O5. The van der Waals surface area contributed by atoms with Gasteiger partial charge in [0.25, 0.3) is 0 Å². The van der Waals surface area contributed by atoms with Gasteiger partial charge in [0, 0.05) is 13.1 Å². The van der Waals surface area contributed by atoms with Gasteiger partial charge in [0.05, 0.1) is 6.61 Å². The fourth-order valence-electron chi connectivity index (χ4n) is 4.38. The van der Waals surface area contributed by atoms with Gasteiger partial charge in [-0.25, -0.2) is 4.79 Å². The molecule has 2 aromatic carbocycles. The number of hydrogen-bond acceptors (Lipinski definition) is 5. The van der Waals surface area contributed by atoms with Gasteiger partial charge in [0.2, 0.25) is 11.8 Å². The Labute approximate surface area is 239 Å². The molecule has 2 rings (SSSR count). The molecule has 0 aromatic heterocycles. The summed E-state index contributed by atoms with van der Waals surface area (Å²) in [4.78, 5) is 41.7. The van der Waals surface area contributed by atoms with Crippen LogP contribution >= 0.6 is 0 Å². The zero-order chi connectivity index (χ0) is 29.5. The number of aryl methyl sites for hydroxylation is 1. The summed E-state index contributed by atoms with van der Waals surface area (Å²) in [5.74, 6) is -0.868. The summed E-state index contributed by atoms with van der Waals surface area (Å²) in [6.07, 6.45) is 4.82. The summed E-state index contributed by atoms with van der Waals surface area (Å²) >= 11 is 0. The van der Waals surface area contributed by atoms with Crippen molar-refractivity contribution in [1.82, 2.24) is 15.5 Å². The predicted molar refractivity (Wildman–Crippen MR) is 158 cm³/mol. The lowest BCUT2D eigenvalue weighted by atomic mass is 10.00. The summed E-state index contributed by atoms with van der Waals surface area (Å²) in [5.41, 5.74) is 1.95. The molecule has 8 heteroatoms. The smallest absolute Gasteiger partial charge is 0.408 e. The molecule has 220 valence electrons. The summed E-state index contributed by atoms with van der Waals surface area (Å²) in [6.45, 7) is 9.33. The van der Waals surface area contributed by atoms with Crippen LogP contribution < -0.4 is 10.6 Å². The molecule has 3 amide bonds. The first-order valence-corrected chi connectivity index (χ1v) is 14.4. The van der Waals surface area contributed by atoms with E-state index in [1.807, 2.05) is 54.6 Å². The maximum absolute atomic E-state index is 13.9. The average molecular weight is 554 g/mol. The fraction of sp³-hybridized carbons (Fsp3) is 0.531. The summed E-state index contributed by atoms with van der Waals surface area (Å²) in [7, 11) is 0. The van der Waals surface area contributed by atoms with E-state index in [2.05, 4.69) is 24.5 Å². The van der Waals surface area contributed by atoms with E-state index < -0.39 is 36.3 Å². The van der Waals surface area contributed by atoms with E-state index in [-0.39, 0.29) is 5.91 Å². The summed E-state index contributed by atoms with van der Waals surface area (Å²) in [5, 5.41) is 15.6. The molecule has 2 atom stereocenters. The molecule has 0 aliphatic heterocycles. The van der Waals surface area contributed by atoms with E-state index in [4.69, 9.17) is 4.74 Å². The second kappa shape index (κ2) is 16.7. The second-order valence-electron chi connectivity index (χ2n) is 11.0. The lowest BCUT2D eigenvalue weighted by Crippen LogP contribution is -2.54. The van der Waals surface area contributed by atoms with Crippen molar-refractivity contribution in [3.8, 4) is 0 Å². The molecule has 0 spiro atoms. The number of hydrogen-bond donors (Lipinski definition) is 3. The number of alkyl carbamates (subject to hydrolysis) is 1. The Morgan fingerprint density at radius 1 is 0.900 bits per heavy atom. The number of unbranched alkanes of at least 4 members (excludes halogenated alkanes) is 4. The van der Waals surface area contributed by atoms with Crippen LogP contribution in [0.25, 0.3) is 0 Å². The number of aliphatic hydroxyl groups excluding tert-OH is 1. The molecule has 0 aliphatic carbocycles. The third-order valence-electron chi connectivity index (χ3n) is 6.53. The highest BCUT2D eigenvalue weighted by Gasteiger charge is 2.35. The number of amides is 3. The number of carbonyl (C=O) groups excluding carboxylic acids is 3. The minimum absolute atomic E-state index is 0.300.